The van der Waals surface area contributed by atoms with Gasteiger partial charge in [0.05, 0.1) is 10.9 Å². The van der Waals surface area contributed by atoms with Crippen molar-refractivity contribution in [1.29, 1.82) is 0 Å². The van der Waals surface area contributed by atoms with Crippen molar-refractivity contribution in [2.75, 3.05) is 5.33 Å². The third kappa shape index (κ3) is 3.08. The average molecular weight is 454 g/mol. The molecule has 0 aromatic rings. The zero-order chi connectivity index (χ0) is 20.5. The number of fused-ring (bicyclic) bond motifs is 5. The number of ketones is 1. The first-order valence-corrected chi connectivity index (χ1v) is 13.0. The second-order valence-corrected chi connectivity index (χ2v) is 12.7. The Kier molecular flexibility index (Phi) is 5.39. The quantitative estimate of drug-likeness (QED) is 0.514. The number of hydrogen-bond donors (Lipinski definition) is 1. The summed E-state index contributed by atoms with van der Waals surface area (Å²) in [5.41, 5.74) is 0.144. The highest BCUT2D eigenvalue weighted by Gasteiger charge is 2.63. The van der Waals surface area contributed by atoms with Crippen LogP contribution < -0.4 is 0 Å². The lowest BCUT2D eigenvalue weighted by atomic mass is 9.44. The van der Waals surface area contributed by atoms with Crippen LogP contribution in [-0.4, -0.2) is 21.8 Å². The van der Waals surface area contributed by atoms with E-state index in [-0.39, 0.29) is 11.3 Å². The lowest BCUT2D eigenvalue weighted by Gasteiger charge is -2.61. The van der Waals surface area contributed by atoms with Crippen LogP contribution in [0.5, 0.6) is 0 Å². The number of aliphatic hydroxyl groups is 1. The van der Waals surface area contributed by atoms with Gasteiger partial charge in [0.2, 0.25) is 0 Å². The third-order valence-corrected chi connectivity index (χ3v) is 10.9. The van der Waals surface area contributed by atoms with E-state index in [1.165, 1.54) is 38.5 Å². The Morgan fingerprint density at radius 1 is 1.04 bits per heavy atom. The molecule has 4 saturated carbocycles. The van der Waals surface area contributed by atoms with E-state index in [1.54, 1.807) is 0 Å². The van der Waals surface area contributed by atoms with Crippen LogP contribution in [0.1, 0.15) is 86.0 Å². The highest BCUT2D eigenvalue weighted by Crippen LogP contribution is 2.69. The van der Waals surface area contributed by atoms with Gasteiger partial charge in [-0.1, -0.05) is 43.6 Å². The van der Waals surface area contributed by atoms with Crippen LogP contribution in [0.25, 0.3) is 0 Å². The number of alkyl halides is 1. The van der Waals surface area contributed by atoms with Gasteiger partial charge in [0.25, 0.3) is 0 Å². The SMILES string of the molecule is CC(C)[C@@H]1C[C@H]2[C@@H]3CC[C@H]4C[C@](C)(O)CC[C@]4(C)[C@H]3CC[C@]2(C)[C@H]1C(=O)CBr. The van der Waals surface area contributed by atoms with E-state index >= 15 is 0 Å². The minimum Gasteiger partial charge on any atom is -0.390 e. The molecule has 0 aromatic carbocycles. The smallest absolute Gasteiger partial charge is 0.147 e. The molecule has 0 aromatic heterocycles. The number of hydrogen-bond acceptors (Lipinski definition) is 2. The monoisotopic (exact) mass is 452 g/mol. The molecular weight excluding hydrogens is 412 g/mol. The van der Waals surface area contributed by atoms with Crippen molar-refractivity contribution in [3.05, 3.63) is 0 Å². The van der Waals surface area contributed by atoms with Crippen molar-refractivity contribution in [1.82, 2.24) is 0 Å². The minimum absolute atomic E-state index is 0.199. The first-order valence-electron chi connectivity index (χ1n) is 11.8. The second-order valence-electron chi connectivity index (χ2n) is 12.1. The van der Waals surface area contributed by atoms with Crippen molar-refractivity contribution >= 4 is 21.7 Å². The van der Waals surface area contributed by atoms with Gasteiger partial charge in [0.1, 0.15) is 5.78 Å². The molecule has 0 amide bonds. The van der Waals surface area contributed by atoms with E-state index in [1.807, 2.05) is 0 Å². The molecule has 3 heteroatoms. The van der Waals surface area contributed by atoms with Crippen LogP contribution in [0.15, 0.2) is 0 Å². The van der Waals surface area contributed by atoms with Gasteiger partial charge in [-0.2, -0.15) is 0 Å². The number of carbonyl (C=O) groups is 1. The fourth-order valence-corrected chi connectivity index (χ4v) is 9.22. The van der Waals surface area contributed by atoms with Gasteiger partial charge in [-0.25, -0.2) is 0 Å². The summed E-state index contributed by atoms with van der Waals surface area (Å²) in [4.78, 5) is 13.0. The number of rotatable bonds is 3. The van der Waals surface area contributed by atoms with Gasteiger partial charge in [-0.05, 0) is 105 Å². The van der Waals surface area contributed by atoms with Crippen molar-refractivity contribution in [2.24, 2.45) is 52.3 Å². The molecule has 4 aliphatic rings. The normalized spacial score (nSPS) is 53.4. The van der Waals surface area contributed by atoms with Gasteiger partial charge in [0, 0.05) is 5.92 Å². The molecule has 0 heterocycles. The van der Waals surface area contributed by atoms with E-state index in [9.17, 15) is 9.90 Å². The third-order valence-electron chi connectivity index (χ3n) is 10.4. The zero-order valence-electron chi connectivity index (χ0n) is 18.6. The molecule has 160 valence electrons. The Bertz CT molecular complexity index is 628. The molecule has 4 fully saturated rings. The molecule has 4 aliphatic carbocycles. The predicted molar refractivity (Wildman–Crippen MR) is 118 cm³/mol. The molecule has 0 saturated heterocycles. The number of carbonyl (C=O) groups excluding carboxylic acids is 1. The molecule has 0 aliphatic heterocycles. The van der Waals surface area contributed by atoms with Crippen LogP contribution in [0.4, 0.5) is 0 Å². The van der Waals surface area contributed by atoms with Crippen molar-refractivity contribution < 1.29 is 9.90 Å². The standard InChI is InChI=1S/C25H41BrO2/c1-15(2)18-12-20-17-7-6-16-13-23(3,28)10-11-24(16,4)19(17)8-9-25(20,5)22(18)21(27)14-26/h15-20,22,28H,6-14H2,1-5H3/t16-,17+,18-,19-,20-,22+,23+,24-,25-/m0/s1. The predicted octanol–water partition coefficient (Wildman–Crippen LogP) is 6.24. The van der Waals surface area contributed by atoms with Gasteiger partial charge >= 0.3 is 0 Å². The van der Waals surface area contributed by atoms with Crippen LogP contribution in [0.2, 0.25) is 0 Å². The van der Waals surface area contributed by atoms with Gasteiger partial charge in [-0.15, -0.1) is 0 Å². The first kappa shape index (κ1) is 21.3. The maximum atomic E-state index is 13.0. The topological polar surface area (TPSA) is 37.3 Å². The van der Waals surface area contributed by atoms with E-state index < -0.39 is 5.60 Å². The zero-order valence-corrected chi connectivity index (χ0v) is 20.2. The first-order chi connectivity index (χ1) is 13.0. The molecule has 1 N–H and O–H groups in total. The fourth-order valence-electron chi connectivity index (χ4n) is 8.87. The summed E-state index contributed by atoms with van der Waals surface area (Å²) in [5, 5.41) is 11.2. The van der Waals surface area contributed by atoms with Gasteiger partial charge in [-0.3, -0.25) is 4.79 Å². The van der Waals surface area contributed by atoms with Crippen molar-refractivity contribution in [3.63, 3.8) is 0 Å². The summed E-state index contributed by atoms with van der Waals surface area (Å²) in [7, 11) is 0. The Hall–Kier alpha value is 0.110. The molecule has 4 rings (SSSR count). The summed E-state index contributed by atoms with van der Waals surface area (Å²) in [6, 6.07) is 0. The molecule has 0 radical (unpaired) electrons. The molecule has 2 nitrogen and oxygen atoms in total. The maximum Gasteiger partial charge on any atom is 0.147 e. The maximum absolute atomic E-state index is 13.0. The van der Waals surface area contributed by atoms with E-state index in [2.05, 4.69) is 50.5 Å². The Morgan fingerprint density at radius 2 is 1.75 bits per heavy atom. The van der Waals surface area contributed by atoms with Gasteiger partial charge in [0.15, 0.2) is 0 Å². The van der Waals surface area contributed by atoms with Crippen LogP contribution in [0.3, 0.4) is 0 Å². The summed E-state index contributed by atoms with van der Waals surface area (Å²) >= 11 is 3.50. The minimum atomic E-state index is -0.455. The summed E-state index contributed by atoms with van der Waals surface area (Å²) < 4.78 is 0. The van der Waals surface area contributed by atoms with E-state index in [4.69, 9.17) is 0 Å². The number of Topliss-reactive ketones (excluding diaryl/α,β-unsaturated/α-hetero) is 1. The van der Waals surface area contributed by atoms with Crippen molar-refractivity contribution in [2.45, 2.75) is 91.6 Å². The van der Waals surface area contributed by atoms with Crippen LogP contribution in [0, 0.1) is 52.3 Å². The molecule has 28 heavy (non-hydrogen) atoms. The number of halogens is 1. The second kappa shape index (κ2) is 7.08. The fraction of sp³-hybridized carbons (Fsp3) is 0.960. The summed E-state index contributed by atoms with van der Waals surface area (Å²) in [6.07, 6.45) is 9.53. The van der Waals surface area contributed by atoms with Crippen LogP contribution >= 0.6 is 15.9 Å². The molecule has 0 spiro atoms. The molecule has 0 bridgehead atoms. The summed E-state index contributed by atoms with van der Waals surface area (Å²) in [5.74, 6) is 4.83. The lowest BCUT2D eigenvalue weighted by molar-refractivity contribution is -0.150. The van der Waals surface area contributed by atoms with Gasteiger partial charge < -0.3 is 5.11 Å². The van der Waals surface area contributed by atoms with E-state index in [0.717, 1.165) is 24.7 Å². The molecular formula is C25H41BrO2. The molecule has 9 atom stereocenters. The molecule has 0 unspecified atom stereocenters. The highest BCUT2D eigenvalue weighted by atomic mass is 79.9. The van der Waals surface area contributed by atoms with E-state index in [0.29, 0.717) is 40.2 Å². The Morgan fingerprint density at radius 3 is 2.39 bits per heavy atom. The summed E-state index contributed by atoms with van der Waals surface area (Å²) in [6.45, 7) is 11.7. The highest BCUT2D eigenvalue weighted by molar-refractivity contribution is 9.09. The van der Waals surface area contributed by atoms with Crippen LogP contribution in [-0.2, 0) is 4.79 Å². The Balaban J connectivity index is 1.64. The Labute approximate surface area is 180 Å². The largest absolute Gasteiger partial charge is 0.390 e. The average Bonchev–Trinajstić information content (AvgIpc) is 2.95. The lowest BCUT2D eigenvalue weighted by Crippen LogP contribution is -2.55. The van der Waals surface area contributed by atoms with Crippen molar-refractivity contribution in [3.8, 4) is 0 Å².